The van der Waals surface area contributed by atoms with Crippen molar-refractivity contribution in [3.8, 4) is 0 Å². The number of esters is 2. The van der Waals surface area contributed by atoms with Crippen LogP contribution in [0.15, 0.2) is 12.2 Å². The predicted molar refractivity (Wildman–Crippen MR) is 51.9 cm³/mol. The highest BCUT2D eigenvalue weighted by atomic mass is 16.6. The number of methoxy groups -OCH3 is 1. The second-order valence-corrected chi connectivity index (χ2v) is 4.43. The largest absolute Gasteiger partial charge is 0.468 e. The Morgan fingerprint density at radius 1 is 1.60 bits per heavy atom. The smallest absolute Gasteiger partial charge is 0.317 e. The first-order chi connectivity index (χ1) is 6.96. The highest BCUT2D eigenvalue weighted by Crippen LogP contribution is 2.55. The van der Waals surface area contributed by atoms with Gasteiger partial charge in [0.1, 0.15) is 16.9 Å². The van der Waals surface area contributed by atoms with Gasteiger partial charge in [-0.3, -0.25) is 9.59 Å². The van der Waals surface area contributed by atoms with Crippen LogP contribution in [0.5, 0.6) is 0 Å². The number of ether oxygens (including phenoxy) is 2. The first-order valence-corrected chi connectivity index (χ1v) is 4.94. The quantitative estimate of drug-likeness (QED) is 0.479. The third-order valence-electron chi connectivity index (χ3n) is 3.81. The second kappa shape index (κ2) is 2.84. The van der Waals surface area contributed by atoms with E-state index in [1.165, 1.54) is 7.11 Å². The van der Waals surface area contributed by atoms with E-state index in [4.69, 9.17) is 9.47 Å². The van der Waals surface area contributed by atoms with Gasteiger partial charge in [-0.2, -0.15) is 0 Å². The lowest BCUT2D eigenvalue weighted by atomic mass is 9.61. The summed E-state index contributed by atoms with van der Waals surface area (Å²) in [5.41, 5.74) is -1.78. The summed E-state index contributed by atoms with van der Waals surface area (Å²) >= 11 is 0. The maximum Gasteiger partial charge on any atom is 0.317 e. The summed E-state index contributed by atoms with van der Waals surface area (Å²) in [4.78, 5) is 23.5. The maximum atomic E-state index is 11.8. The van der Waals surface area contributed by atoms with E-state index in [9.17, 15) is 9.59 Å². The van der Waals surface area contributed by atoms with Gasteiger partial charge in [0.25, 0.3) is 0 Å². The third-order valence-corrected chi connectivity index (χ3v) is 3.81. The molecule has 1 fully saturated rings. The van der Waals surface area contributed by atoms with Gasteiger partial charge in [0.05, 0.1) is 7.11 Å². The van der Waals surface area contributed by atoms with E-state index >= 15 is 0 Å². The van der Waals surface area contributed by atoms with Crippen molar-refractivity contribution in [2.75, 3.05) is 7.11 Å². The van der Waals surface area contributed by atoms with Crippen LogP contribution in [0.4, 0.5) is 0 Å². The minimum atomic E-state index is -0.895. The number of carbonyl (C=O) groups is 2. The Labute approximate surface area is 88.2 Å². The van der Waals surface area contributed by atoms with E-state index in [2.05, 4.69) is 0 Å². The predicted octanol–water partition coefficient (Wildman–Crippen LogP) is 1.06. The van der Waals surface area contributed by atoms with Crippen molar-refractivity contribution in [2.24, 2.45) is 10.8 Å². The van der Waals surface area contributed by atoms with Crippen molar-refractivity contribution in [1.29, 1.82) is 0 Å². The van der Waals surface area contributed by atoms with Gasteiger partial charge >= 0.3 is 11.9 Å². The maximum absolute atomic E-state index is 11.8. The van der Waals surface area contributed by atoms with Gasteiger partial charge in [0.15, 0.2) is 0 Å². The van der Waals surface area contributed by atoms with Crippen molar-refractivity contribution < 1.29 is 19.1 Å². The lowest BCUT2D eigenvalue weighted by Gasteiger charge is -2.37. The van der Waals surface area contributed by atoms with Gasteiger partial charge < -0.3 is 9.47 Å². The van der Waals surface area contributed by atoms with Crippen LogP contribution in [0.2, 0.25) is 0 Å². The van der Waals surface area contributed by atoms with E-state index in [0.29, 0.717) is 6.42 Å². The Morgan fingerprint density at radius 2 is 2.27 bits per heavy atom. The molecule has 0 saturated carbocycles. The first-order valence-electron chi connectivity index (χ1n) is 4.94. The molecule has 3 atom stereocenters. The Balaban J connectivity index is 2.54. The molecule has 0 aromatic heterocycles. The topological polar surface area (TPSA) is 52.6 Å². The van der Waals surface area contributed by atoms with Crippen molar-refractivity contribution in [3.05, 3.63) is 12.2 Å². The molecule has 1 heterocycles. The fourth-order valence-electron chi connectivity index (χ4n) is 2.42. The Kier molecular flexibility index (Phi) is 1.93. The third kappa shape index (κ3) is 0.967. The van der Waals surface area contributed by atoms with Crippen LogP contribution in [0.3, 0.4) is 0 Å². The van der Waals surface area contributed by atoms with E-state index in [0.717, 1.165) is 0 Å². The van der Waals surface area contributed by atoms with Crippen molar-refractivity contribution in [2.45, 2.75) is 26.4 Å². The lowest BCUT2D eigenvalue weighted by molar-refractivity contribution is -0.159. The summed E-state index contributed by atoms with van der Waals surface area (Å²) in [5, 5.41) is 0. The van der Waals surface area contributed by atoms with Gasteiger partial charge in [-0.05, 0) is 13.8 Å². The molecule has 0 spiro atoms. The molecule has 2 aliphatic rings. The molecular weight excluding hydrogens is 196 g/mol. The highest BCUT2D eigenvalue weighted by molar-refractivity contribution is 5.93. The van der Waals surface area contributed by atoms with Crippen LogP contribution in [-0.4, -0.2) is 25.2 Å². The number of hydrogen-bond donors (Lipinski definition) is 0. The summed E-state index contributed by atoms with van der Waals surface area (Å²) in [5.74, 6) is -0.723. The van der Waals surface area contributed by atoms with Crippen LogP contribution in [0.25, 0.3) is 0 Å². The highest BCUT2D eigenvalue weighted by Gasteiger charge is 2.67. The molecule has 1 saturated heterocycles. The zero-order valence-electron chi connectivity index (χ0n) is 9.07. The molecule has 0 aromatic rings. The summed E-state index contributed by atoms with van der Waals surface area (Å²) in [7, 11) is 1.33. The lowest BCUT2D eigenvalue weighted by Crippen LogP contribution is -2.49. The van der Waals surface area contributed by atoms with Gasteiger partial charge in [0.2, 0.25) is 0 Å². The summed E-state index contributed by atoms with van der Waals surface area (Å²) in [6.07, 6.45) is 3.83. The normalized spacial score (nSPS) is 42.6. The molecule has 4 nitrogen and oxygen atoms in total. The molecule has 82 valence electrons. The molecule has 0 unspecified atom stereocenters. The Bertz CT molecular complexity index is 360. The average Bonchev–Trinajstić information content (AvgIpc) is 2.36. The number of carbonyl (C=O) groups excluding carboxylic acids is 2. The standard InChI is InChI=1S/C11H14O4/c1-10-6-4-5-7(15-8(10)12)11(10,2)9(13)14-3/h4,6-7H,5H2,1-3H3/t7-,10-,11+/m0/s1. The van der Waals surface area contributed by atoms with E-state index < -0.39 is 16.9 Å². The van der Waals surface area contributed by atoms with Crippen molar-refractivity contribution in [1.82, 2.24) is 0 Å². The molecule has 0 amide bonds. The fraction of sp³-hybridized carbons (Fsp3) is 0.636. The Morgan fingerprint density at radius 3 is 2.80 bits per heavy atom. The van der Waals surface area contributed by atoms with E-state index in [-0.39, 0.29) is 11.9 Å². The molecule has 0 aromatic carbocycles. The zero-order valence-corrected chi connectivity index (χ0v) is 9.07. The number of rotatable bonds is 1. The molecule has 0 N–H and O–H groups in total. The van der Waals surface area contributed by atoms with Gasteiger partial charge in [-0.15, -0.1) is 0 Å². The number of hydrogen-bond acceptors (Lipinski definition) is 4. The van der Waals surface area contributed by atoms with Crippen LogP contribution >= 0.6 is 0 Å². The summed E-state index contributed by atoms with van der Waals surface area (Å²) < 4.78 is 10.0. The SMILES string of the molecule is COC(=O)[C@@]1(C)[C@@H]2CC=C[C@@]1(C)C(=O)O2. The van der Waals surface area contributed by atoms with Crippen LogP contribution in [0.1, 0.15) is 20.3 Å². The van der Waals surface area contributed by atoms with Gasteiger partial charge in [-0.25, -0.2) is 0 Å². The Hall–Kier alpha value is -1.32. The minimum Gasteiger partial charge on any atom is -0.468 e. The summed E-state index contributed by atoms with van der Waals surface area (Å²) in [6, 6.07) is 0. The zero-order chi connectivity index (χ0) is 11.3. The van der Waals surface area contributed by atoms with E-state index in [1.54, 1.807) is 19.9 Å². The molecule has 0 radical (unpaired) electrons. The molecule has 2 rings (SSSR count). The number of fused-ring (bicyclic) bond motifs is 2. The molecule has 1 aliphatic carbocycles. The van der Waals surface area contributed by atoms with Crippen LogP contribution in [-0.2, 0) is 19.1 Å². The summed E-state index contributed by atoms with van der Waals surface area (Å²) in [6.45, 7) is 3.46. The molecule has 15 heavy (non-hydrogen) atoms. The second-order valence-electron chi connectivity index (χ2n) is 4.43. The van der Waals surface area contributed by atoms with Crippen LogP contribution < -0.4 is 0 Å². The van der Waals surface area contributed by atoms with Crippen LogP contribution in [0, 0.1) is 10.8 Å². The molecule has 1 aliphatic heterocycles. The van der Waals surface area contributed by atoms with Gasteiger partial charge in [0, 0.05) is 6.42 Å². The fourth-order valence-corrected chi connectivity index (χ4v) is 2.42. The van der Waals surface area contributed by atoms with Gasteiger partial charge in [-0.1, -0.05) is 12.2 Å². The molecule has 4 heteroatoms. The average molecular weight is 210 g/mol. The monoisotopic (exact) mass is 210 g/mol. The van der Waals surface area contributed by atoms with Crippen molar-refractivity contribution in [3.63, 3.8) is 0 Å². The van der Waals surface area contributed by atoms with Crippen molar-refractivity contribution >= 4 is 11.9 Å². The van der Waals surface area contributed by atoms with E-state index in [1.807, 2.05) is 6.08 Å². The molecular formula is C11H14O4. The first kappa shape index (κ1) is 10.2. The minimum absolute atomic E-state index is 0.339. The molecule has 2 bridgehead atoms.